The minimum absolute atomic E-state index is 0.00984. The number of amides is 2. The van der Waals surface area contributed by atoms with Crippen LogP contribution >= 0.6 is 0 Å². The fraction of sp³-hybridized carbons (Fsp3) is 0.385. The Hall–Kier alpha value is -1.84. The molecule has 0 fully saturated rings. The van der Waals surface area contributed by atoms with Crippen molar-refractivity contribution in [2.75, 3.05) is 11.9 Å². The first kappa shape index (κ1) is 13.2. The summed E-state index contributed by atoms with van der Waals surface area (Å²) in [4.78, 5) is 24.8. The van der Waals surface area contributed by atoms with Crippen LogP contribution in [0.25, 0.3) is 0 Å². The highest BCUT2D eigenvalue weighted by Crippen LogP contribution is 2.10. The lowest BCUT2D eigenvalue weighted by Gasteiger charge is -2.18. The number of rotatable bonds is 3. The number of para-hydroxylation sites is 1. The molecule has 0 aliphatic heterocycles. The van der Waals surface area contributed by atoms with Gasteiger partial charge in [0.1, 0.15) is 0 Å². The highest BCUT2D eigenvalue weighted by Gasteiger charge is 2.20. The molecule has 1 rings (SSSR count). The number of carbonyl (C=O) groups is 2. The van der Waals surface area contributed by atoms with Crippen LogP contribution in [0.4, 0.5) is 5.69 Å². The minimum Gasteiger partial charge on any atom is -0.345 e. The molecule has 92 valence electrons. The Balaban J connectivity index is 2.67. The van der Waals surface area contributed by atoms with Gasteiger partial charge in [-0.15, -0.1) is 0 Å². The molecule has 0 bridgehead atoms. The van der Waals surface area contributed by atoms with Crippen LogP contribution in [0.15, 0.2) is 30.3 Å². The Morgan fingerprint density at radius 3 is 2.41 bits per heavy atom. The van der Waals surface area contributed by atoms with Gasteiger partial charge in [-0.3, -0.25) is 9.59 Å². The van der Waals surface area contributed by atoms with E-state index in [2.05, 4.69) is 5.32 Å². The maximum Gasteiger partial charge on any atom is 0.316 e. The van der Waals surface area contributed by atoms with Crippen molar-refractivity contribution in [2.24, 2.45) is 0 Å². The zero-order valence-corrected chi connectivity index (χ0v) is 10.4. The fourth-order valence-corrected chi connectivity index (χ4v) is 1.31. The third-order valence-electron chi connectivity index (χ3n) is 2.63. The van der Waals surface area contributed by atoms with Crippen LogP contribution in [-0.2, 0) is 9.59 Å². The average molecular weight is 234 g/mol. The molecule has 0 saturated heterocycles. The molecule has 1 unspecified atom stereocenters. The molecule has 0 aliphatic carbocycles. The van der Waals surface area contributed by atoms with E-state index in [1.807, 2.05) is 32.0 Å². The summed E-state index contributed by atoms with van der Waals surface area (Å²) < 4.78 is 0. The number of hydrogen-bond acceptors (Lipinski definition) is 2. The van der Waals surface area contributed by atoms with Crippen LogP contribution < -0.4 is 10.2 Å². The van der Waals surface area contributed by atoms with E-state index in [1.54, 1.807) is 19.2 Å². The second kappa shape index (κ2) is 6.03. The van der Waals surface area contributed by atoms with Crippen molar-refractivity contribution in [3.63, 3.8) is 0 Å². The zero-order valence-electron chi connectivity index (χ0n) is 10.4. The first-order valence-electron chi connectivity index (χ1n) is 5.69. The second-order valence-electron chi connectivity index (χ2n) is 3.98. The van der Waals surface area contributed by atoms with E-state index in [9.17, 15) is 9.59 Å². The smallest absolute Gasteiger partial charge is 0.316 e. The van der Waals surface area contributed by atoms with E-state index in [0.717, 1.165) is 6.42 Å². The van der Waals surface area contributed by atoms with Crippen LogP contribution in [-0.4, -0.2) is 24.9 Å². The Kier molecular flexibility index (Phi) is 4.69. The molecule has 1 aromatic carbocycles. The molecule has 4 heteroatoms. The van der Waals surface area contributed by atoms with Crippen molar-refractivity contribution in [2.45, 2.75) is 26.3 Å². The van der Waals surface area contributed by atoms with Gasteiger partial charge in [0.15, 0.2) is 0 Å². The molecule has 0 spiro atoms. The molecule has 0 aliphatic rings. The molecule has 4 nitrogen and oxygen atoms in total. The molecule has 2 amide bonds. The predicted octanol–water partition coefficient (Wildman–Crippen LogP) is 1.56. The Morgan fingerprint density at radius 2 is 1.88 bits per heavy atom. The number of carbonyl (C=O) groups excluding carboxylic acids is 2. The lowest BCUT2D eigenvalue weighted by molar-refractivity contribution is -0.137. The minimum atomic E-state index is -0.564. The van der Waals surface area contributed by atoms with Crippen molar-refractivity contribution >= 4 is 17.5 Å². The van der Waals surface area contributed by atoms with Gasteiger partial charge in [-0.05, 0) is 25.5 Å². The maximum atomic E-state index is 11.8. The zero-order chi connectivity index (χ0) is 12.8. The van der Waals surface area contributed by atoms with Crippen molar-refractivity contribution in [1.82, 2.24) is 5.32 Å². The van der Waals surface area contributed by atoms with Crippen LogP contribution in [0.3, 0.4) is 0 Å². The summed E-state index contributed by atoms with van der Waals surface area (Å²) in [5, 5.41) is 2.65. The molecule has 0 heterocycles. The summed E-state index contributed by atoms with van der Waals surface area (Å²) in [6.45, 7) is 3.82. The molecular weight excluding hydrogens is 216 g/mol. The molecule has 17 heavy (non-hydrogen) atoms. The van der Waals surface area contributed by atoms with Gasteiger partial charge in [-0.1, -0.05) is 25.1 Å². The Bertz CT molecular complexity index is 390. The molecule has 0 radical (unpaired) electrons. The summed E-state index contributed by atoms with van der Waals surface area (Å²) in [6, 6.07) is 9.09. The Labute approximate surface area is 102 Å². The average Bonchev–Trinajstić information content (AvgIpc) is 2.37. The monoisotopic (exact) mass is 234 g/mol. The number of likely N-dealkylation sites (N-methyl/N-ethyl adjacent to an activating group) is 1. The number of hydrogen-bond donors (Lipinski definition) is 1. The van der Waals surface area contributed by atoms with Crippen LogP contribution in [0, 0.1) is 0 Å². The second-order valence-corrected chi connectivity index (χ2v) is 3.98. The molecule has 1 aromatic rings. The summed E-state index contributed by atoms with van der Waals surface area (Å²) >= 11 is 0. The van der Waals surface area contributed by atoms with Crippen molar-refractivity contribution in [3.05, 3.63) is 30.3 Å². The van der Waals surface area contributed by atoms with Crippen molar-refractivity contribution in [3.8, 4) is 0 Å². The van der Waals surface area contributed by atoms with Crippen LogP contribution in [0.1, 0.15) is 20.3 Å². The predicted molar refractivity (Wildman–Crippen MR) is 67.7 cm³/mol. The first-order chi connectivity index (χ1) is 8.06. The number of anilines is 1. The maximum absolute atomic E-state index is 11.8. The summed E-state index contributed by atoms with van der Waals surface area (Å²) in [7, 11) is 1.59. The van der Waals surface area contributed by atoms with Gasteiger partial charge in [0.05, 0.1) is 0 Å². The standard InChI is InChI=1S/C13H18N2O2/c1-4-10(2)14-12(16)13(17)15(3)11-8-6-5-7-9-11/h5-10H,4H2,1-3H3,(H,14,16). The van der Waals surface area contributed by atoms with Crippen LogP contribution in [0.2, 0.25) is 0 Å². The van der Waals surface area contributed by atoms with Crippen molar-refractivity contribution in [1.29, 1.82) is 0 Å². The lowest BCUT2D eigenvalue weighted by Crippen LogP contribution is -2.44. The summed E-state index contributed by atoms with van der Waals surface area (Å²) in [6.07, 6.45) is 0.800. The number of nitrogens with one attached hydrogen (secondary N) is 1. The SMILES string of the molecule is CCC(C)NC(=O)C(=O)N(C)c1ccccc1. The van der Waals surface area contributed by atoms with E-state index < -0.39 is 11.8 Å². The van der Waals surface area contributed by atoms with Gasteiger partial charge in [-0.25, -0.2) is 0 Å². The van der Waals surface area contributed by atoms with Gasteiger partial charge in [0.25, 0.3) is 0 Å². The number of nitrogens with zero attached hydrogens (tertiary/aromatic N) is 1. The van der Waals surface area contributed by atoms with E-state index >= 15 is 0 Å². The molecule has 1 atom stereocenters. The van der Waals surface area contributed by atoms with Crippen molar-refractivity contribution < 1.29 is 9.59 Å². The van der Waals surface area contributed by atoms with E-state index in [0.29, 0.717) is 5.69 Å². The van der Waals surface area contributed by atoms with Gasteiger partial charge in [0.2, 0.25) is 0 Å². The molecule has 0 saturated carbocycles. The van der Waals surface area contributed by atoms with Gasteiger partial charge in [-0.2, -0.15) is 0 Å². The fourth-order valence-electron chi connectivity index (χ4n) is 1.31. The third kappa shape index (κ3) is 3.59. The van der Waals surface area contributed by atoms with E-state index in [4.69, 9.17) is 0 Å². The van der Waals surface area contributed by atoms with E-state index in [1.165, 1.54) is 4.90 Å². The molecular formula is C13H18N2O2. The van der Waals surface area contributed by atoms with Gasteiger partial charge in [0, 0.05) is 18.8 Å². The largest absolute Gasteiger partial charge is 0.345 e. The molecule has 0 aromatic heterocycles. The summed E-state index contributed by atoms with van der Waals surface area (Å²) in [5.41, 5.74) is 0.705. The first-order valence-corrected chi connectivity index (χ1v) is 5.69. The molecule has 1 N–H and O–H groups in total. The quantitative estimate of drug-likeness (QED) is 0.807. The lowest BCUT2D eigenvalue weighted by atomic mass is 10.2. The Morgan fingerprint density at radius 1 is 1.29 bits per heavy atom. The highest BCUT2D eigenvalue weighted by atomic mass is 16.2. The highest BCUT2D eigenvalue weighted by molar-refractivity contribution is 6.40. The van der Waals surface area contributed by atoms with E-state index in [-0.39, 0.29) is 6.04 Å². The normalized spacial score (nSPS) is 11.7. The summed E-state index contributed by atoms with van der Waals surface area (Å²) in [5.74, 6) is -1.11. The number of benzene rings is 1. The van der Waals surface area contributed by atoms with Gasteiger partial charge >= 0.3 is 11.8 Å². The topological polar surface area (TPSA) is 49.4 Å². The third-order valence-corrected chi connectivity index (χ3v) is 2.63. The van der Waals surface area contributed by atoms with Gasteiger partial charge < -0.3 is 10.2 Å². The van der Waals surface area contributed by atoms with Crippen LogP contribution in [0.5, 0.6) is 0 Å².